The fraction of sp³-hybridized carbons (Fsp3) is 0.600. The van der Waals surface area contributed by atoms with Crippen LogP contribution in [-0.4, -0.2) is 36.7 Å². The van der Waals surface area contributed by atoms with Gasteiger partial charge in [0.1, 0.15) is 11.6 Å². The highest BCUT2D eigenvalue weighted by Crippen LogP contribution is 2.19. The minimum absolute atomic E-state index is 0.210. The van der Waals surface area contributed by atoms with E-state index in [-0.39, 0.29) is 18.2 Å². The Morgan fingerprint density at radius 3 is 2.30 bits per heavy atom. The first kappa shape index (κ1) is 15.4. The van der Waals surface area contributed by atoms with Crippen molar-refractivity contribution in [3.8, 4) is 0 Å². The molecule has 1 aromatic carbocycles. The molecule has 5 heteroatoms. The van der Waals surface area contributed by atoms with Gasteiger partial charge in [-0.3, -0.25) is 4.90 Å². The van der Waals surface area contributed by atoms with Gasteiger partial charge >= 0.3 is 0 Å². The molecule has 1 aliphatic rings. The van der Waals surface area contributed by atoms with Crippen LogP contribution in [0.5, 0.6) is 0 Å². The van der Waals surface area contributed by atoms with E-state index in [9.17, 15) is 8.78 Å². The maximum atomic E-state index is 13.2. The molecular weight excluding hydrogens is 262 g/mol. The summed E-state index contributed by atoms with van der Waals surface area (Å²) in [6.07, 6.45) is 1.09. The van der Waals surface area contributed by atoms with Crippen molar-refractivity contribution in [1.82, 2.24) is 4.90 Å². The molecule has 0 amide bonds. The van der Waals surface area contributed by atoms with Crippen molar-refractivity contribution < 1.29 is 13.5 Å². The molecule has 0 aromatic heterocycles. The third-order valence-electron chi connectivity index (χ3n) is 3.56. The van der Waals surface area contributed by atoms with Crippen molar-refractivity contribution in [3.05, 3.63) is 35.4 Å². The molecule has 1 heterocycles. The van der Waals surface area contributed by atoms with E-state index in [2.05, 4.69) is 4.90 Å². The molecule has 1 aromatic rings. The smallest absolute Gasteiger partial charge is 0.126 e. The Hall–Kier alpha value is -1.04. The molecule has 1 saturated heterocycles. The highest BCUT2D eigenvalue weighted by atomic mass is 19.1. The van der Waals surface area contributed by atoms with Crippen LogP contribution in [0.2, 0.25) is 0 Å². The number of nitrogens with two attached hydrogens (primary N) is 1. The van der Waals surface area contributed by atoms with Gasteiger partial charge < -0.3 is 10.5 Å². The normalized spacial score (nSPS) is 25.6. The van der Waals surface area contributed by atoms with Crippen LogP contribution in [0.3, 0.4) is 0 Å². The average molecular weight is 284 g/mol. The summed E-state index contributed by atoms with van der Waals surface area (Å²) in [5.74, 6) is -1.16. The lowest BCUT2D eigenvalue weighted by atomic mass is 10.0. The van der Waals surface area contributed by atoms with Crippen LogP contribution in [0.1, 0.15) is 31.9 Å². The zero-order valence-corrected chi connectivity index (χ0v) is 12.0. The van der Waals surface area contributed by atoms with E-state index >= 15 is 0 Å². The standard InChI is InChI=1S/C15H22F2N2O/c1-10-8-19(9-11(2)20-10)4-3-15(18)12-5-13(16)7-14(17)6-12/h5-7,10-11,15H,3-4,8-9,18H2,1-2H3. The molecule has 1 aliphatic heterocycles. The number of benzene rings is 1. The van der Waals surface area contributed by atoms with Gasteiger partial charge in [0.15, 0.2) is 0 Å². The molecule has 20 heavy (non-hydrogen) atoms. The fourth-order valence-electron chi connectivity index (χ4n) is 2.74. The highest BCUT2D eigenvalue weighted by molar-refractivity contribution is 5.21. The molecule has 0 saturated carbocycles. The molecule has 1 fully saturated rings. The number of hydrogen-bond donors (Lipinski definition) is 1. The molecule has 112 valence electrons. The number of nitrogens with zero attached hydrogens (tertiary/aromatic N) is 1. The van der Waals surface area contributed by atoms with Crippen LogP contribution in [0.4, 0.5) is 8.78 Å². The summed E-state index contributed by atoms with van der Waals surface area (Å²) in [4.78, 5) is 2.29. The predicted molar refractivity (Wildman–Crippen MR) is 74.4 cm³/mol. The van der Waals surface area contributed by atoms with Gasteiger partial charge in [0.05, 0.1) is 12.2 Å². The Labute approximate surface area is 118 Å². The molecule has 2 rings (SSSR count). The van der Waals surface area contributed by atoms with Gasteiger partial charge in [-0.1, -0.05) is 0 Å². The average Bonchev–Trinajstić information content (AvgIpc) is 2.33. The molecular formula is C15H22F2N2O. The van der Waals surface area contributed by atoms with Gasteiger partial charge in [-0.05, 0) is 38.0 Å². The van der Waals surface area contributed by atoms with E-state index in [0.717, 1.165) is 25.7 Å². The summed E-state index contributed by atoms with van der Waals surface area (Å²) in [6.45, 7) is 6.63. The van der Waals surface area contributed by atoms with Gasteiger partial charge in [-0.15, -0.1) is 0 Å². The summed E-state index contributed by atoms with van der Waals surface area (Å²) in [6, 6.07) is 3.12. The number of hydrogen-bond acceptors (Lipinski definition) is 3. The van der Waals surface area contributed by atoms with Crippen molar-refractivity contribution in [3.63, 3.8) is 0 Å². The van der Waals surface area contributed by atoms with E-state index in [1.54, 1.807) is 0 Å². The fourth-order valence-corrected chi connectivity index (χ4v) is 2.74. The summed E-state index contributed by atoms with van der Waals surface area (Å²) < 4.78 is 32.0. The Morgan fingerprint density at radius 1 is 1.20 bits per heavy atom. The second kappa shape index (κ2) is 6.61. The Morgan fingerprint density at radius 2 is 1.75 bits per heavy atom. The zero-order valence-electron chi connectivity index (χ0n) is 12.0. The third-order valence-corrected chi connectivity index (χ3v) is 3.56. The van der Waals surface area contributed by atoms with Crippen molar-refractivity contribution in [2.24, 2.45) is 5.73 Å². The maximum Gasteiger partial charge on any atom is 0.126 e. The van der Waals surface area contributed by atoms with Crippen LogP contribution in [0.25, 0.3) is 0 Å². The first-order chi connectivity index (χ1) is 9.44. The lowest BCUT2D eigenvalue weighted by Crippen LogP contribution is -2.46. The van der Waals surface area contributed by atoms with E-state index in [4.69, 9.17) is 10.5 Å². The largest absolute Gasteiger partial charge is 0.373 e. The minimum atomic E-state index is -0.580. The first-order valence-corrected chi connectivity index (χ1v) is 7.03. The molecule has 2 N–H and O–H groups in total. The van der Waals surface area contributed by atoms with Gasteiger partial charge in [0.2, 0.25) is 0 Å². The summed E-state index contributed by atoms with van der Waals surface area (Å²) in [7, 11) is 0. The Balaban J connectivity index is 1.89. The third kappa shape index (κ3) is 4.23. The number of halogens is 2. The van der Waals surface area contributed by atoms with Gasteiger partial charge in [0, 0.05) is 31.7 Å². The van der Waals surface area contributed by atoms with E-state index in [0.29, 0.717) is 12.0 Å². The summed E-state index contributed by atoms with van der Waals surface area (Å²) in [5.41, 5.74) is 6.54. The van der Waals surface area contributed by atoms with Crippen LogP contribution >= 0.6 is 0 Å². The zero-order chi connectivity index (χ0) is 14.7. The Bertz CT molecular complexity index is 425. The molecule has 3 atom stereocenters. The monoisotopic (exact) mass is 284 g/mol. The lowest BCUT2D eigenvalue weighted by molar-refractivity contribution is -0.0684. The van der Waals surface area contributed by atoms with Crippen LogP contribution < -0.4 is 5.73 Å². The SMILES string of the molecule is CC1CN(CCC(N)c2cc(F)cc(F)c2)CC(C)O1. The summed E-state index contributed by atoms with van der Waals surface area (Å²) >= 11 is 0. The van der Waals surface area contributed by atoms with Crippen LogP contribution in [-0.2, 0) is 4.74 Å². The highest BCUT2D eigenvalue weighted by Gasteiger charge is 2.22. The molecule has 0 radical (unpaired) electrons. The molecule has 3 unspecified atom stereocenters. The lowest BCUT2D eigenvalue weighted by Gasteiger charge is -2.35. The second-order valence-corrected chi connectivity index (χ2v) is 5.61. The van der Waals surface area contributed by atoms with Crippen molar-refractivity contribution >= 4 is 0 Å². The Kier molecular flexibility index (Phi) is 5.07. The molecule has 0 bridgehead atoms. The first-order valence-electron chi connectivity index (χ1n) is 7.03. The van der Waals surface area contributed by atoms with Crippen LogP contribution in [0, 0.1) is 11.6 Å². The number of ether oxygens (including phenoxy) is 1. The quantitative estimate of drug-likeness (QED) is 0.923. The van der Waals surface area contributed by atoms with Gasteiger partial charge in [-0.2, -0.15) is 0 Å². The molecule has 3 nitrogen and oxygen atoms in total. The van der Waals surface area contributed by atoms with E-state index in [1.165, 1.54) is 12.1 Å². The van der Waals surface area contributed by atoms with Crippen molar-refractivity contribution in [2.45, 2.75) is 38.5 Å². The van der Waals surface area contributed by atoms with Crippen LogP contribution in [0.15, 0.2) is 18.2 Å². The van der Waals surface area contributed by atoms with Crippen molar-refractivity contribution in [2.75, 3.05) is 19.6 Å². The molecule has 0 spiro atoms. The van der Waals surface area contributed by atoms with Crippen molar-refractivity contribution in [1.29, 1.82) is 0 Å². The predicted octanol–water partition coefficient (Wildman–Crippen LogP) is 2.46. The van der Waals surface area contributed by atoms with E-state index in [1.807, 2.05) is 13.8 Å². The van der Waals surface area contributed by atoms with Gasteiger partial charge in [0.25, 0.3) is 0 Å². The van der Waals surface area contributed by atoms with Gasteiger partial charge in [-0.25, -0.2) is 8.78 Å². The second-order valence-electron chi connectivity index (χ2n) is 5.61. The topological polar surface area (TPSA) is 38.5 Å². The molecule has 0 aliphatic carbocycles. The summed E-state index contributed by atoms with van der Waals surface area (Å²) in [5, 5.41) is 0. The number of morpholine rings is 1. The minimum Gasteiger partial charge on any atom is -0.373 e. The van der Waals surface area contributed by atoms with E-state index < -0.39 is 11.6 Å². The maximum absolute atomic E-state index is 13.2. The number of rotatable bonds is 4.